The molecule has 8 heteroatoms. The Bertz CT molecular complexity index is 972. The molecule has 0 amide bonds. The van der Waals surface area contributed by atoms with Gasteiger partial charge in [-0.05, 0) is 88.0 Å². The van der Waals surface area contributed by atoms with Crippen LogP contribution in [0.1, 0.15) is 42.5 Å². The number of anilines is 1. The Kier molecular flexibility index (Phi) is 7.81. The Hall–Kier alpha value is -2.74. The van der Waals surface area contributed by atoms with E-state index in [1.54, 1.807) is 26.0 Å². The van der Waals surface area contributed by atoms with Gasteiger partial charge in [0, 0.05) is 31.9 Å². The summed E-state index contributed by atoms with van der Waals surface area (Å²) in [5.41, 5.74) is 1.96. The molecule has 1 N–H and O–H groups in total. The summed E-state index contributed by atoms with van der Waals surface area (Å²) >= 11 is 0. The van der Waals surface area contributed by atoms with Gasteiger partial charge in [-0.25, -0.2) is 4.79 Å². The van der Waals surface area contributed by atoms with Crippen LogP contribution in [0.5, 0.6) is 5.75 Å². The maximum absolute atomic E-state index is 12.8. The molecule has 3 rings (SSSR count). The number of carboxylic acids is 1. The average Bonchev–Trinajstić information content (AvgIpc) is 2.76. The van der Waals surface area contributed by atoms with Gasteiger partial charge >= 0.3 is 12.1 Å². The third kappa shape index (κ3) is 6.44. The molecule has 186 valence electrons. The number of hydrogen-bond donors (Lipinski definition) is 1. The molecular formula is C26H33F3N2O3. The predicted octanol–water partition coefficient (Wildman–Crippen LogP) is 5.32. The number of rotatable bonds is 8. The Morgan fingerprint density at radius 2 is 1.56 bits per heavy atom. The second-order valence-corrected chi connectivity index (χ2v) is 9.45. The number of benzene rings is 2. The lowest BCUT2D eigenvalue weighted by molar-refractivity contribution is -0.152. The Morgan fingerprint density at radius 3 is 2.06 bits per heavy atom. The van der Waals surface area contributed by atoms with E-state index in [-0.39, 0.29) is 0 Å². The van der Waals surface area contributed by atoms with Crippen molar-refractivity contribution in [3.05, 3.63) is 58.7 Å². The van der Waals surface area contributed by atoms with Crippen molar-refractivity contribution < 1.29 is 27.8 Å². The lowest BCUT2D eigenvalue weighted by Crippen LogP contribution is -2.46. The lowest BCUT2D eigenvalue weighted by Gasteiger charge is -2.36. The summed E-state index contributed by atoms with van der Waals surface area (Å²) in [7, 11) is 0. The summed E-state index contributed by atoms with van der Waals surface area (Å²) in [6, 6.07) is 9.50. The van der Waals surface area contributed by atoms with Gasteiger partial charge in [0.05, 0.1) is 5.56 Å². The number of halogens is 3. The highest BCUT2D eigenvalue weighted by molar-refractivity contribution is 5.77. The standard InChI is InChI=1S/C26H33F3N2O3/c1-18-16-20(17-19(2)23(18)34-25(3,4)24(32)33)6-5-11-30-12-14-31(15-13-30)22-9-7-21(8-10-22)26(27,28)29/h7-10,16-17H,5-6,11-15H2,1-4H3,(H,32,33). The number of aliphatic carboxylic acids is 1. The van der Waals surface area contributed by atoms with E-state index in [9.17, 15) is 23.1 Å². The van der Waals surface area contributed by atoms with E-state index in [1.165, 1.54) is 5.56 Å². The van der Waals surface area contributed by atoms with Crippen LogP contribution in [-0.4, -0.2) is 54.3 Å². The van der Waals surface area contributed by atoms with Crippen molar-refractivity contribution in [1.82, 2.24) is 4.90 Å². The number of piperazine rings is 1. The second-order valence-electron chi connectivity index (χ2n) is 9.45. The van der Waals surface area contributed by atoms with Gasteiger partial charge in [-0.3, -0.25) is 4.90 Å². The topological polar surface area (TPSA) is 53.0 Å². The van der Waals surface area contributed by atoms with Crippen molar-refractivity contribution >= 4 is 11.7 Å². The molecule has 1 fully saturated rings. The Balaban J connectivity index is 1.48. The van der Waals surface area contributed by atoms with Gasteiger partial charge in [0.2, 0.25) is 0 Å². The normalized spacial score (nSPS) is 15.4. The molecule has 2 aromatic rings. The molecule has 0 radical (unpaired) electrons. The van der Waals surface area contributed by atoms with Crippen LogP contribution in [0.4, 0.5) is 18.9 Å². The average molecular weight is 479 g/mol. The number of nitrogens with zero attached hydrogens (tertiary/aromatic N) is 2. The first-order valence-corrected chi connectivity index (χ1v) is 11.5. The number of aryl methyl sites for hydroxylation is 3. The fourth-order valence-corrected chi connectivity index (χ4v) is 4.24. The molecular weight excluding hydrogens is 445 g/mol. The van der Waals surface area contributed by atoms with Crippen LogP contribution in [0.15, 0.2) is 36.4 Å². The van der Waals surface area contributed by atoms with Crippen molar-refractivity contribution in [3.63, 3.8) is 0 Å². The minimum atomic E-state index is -4.31. The van der Waals surface area contributed by atoms with Crippen LogP contribution < -0.4 is 9.64 Å². The molecule has 34 heavy (non-hydrogen) atoms. The highest BCUT2D eigenvalue weighted by atomic mass is 19.4. The van der Waals surface area contributed by atoms with Crippen molar-refractivity contribution in [2.45, 2.75) is 52.3 Å². The zero-order valence-electron chi connectivity index (χ0n) is 20.2. The van der Waals surface area contributed by atoms with Crippen molar-refractivity contribution in [2.24, 2.45) is 0 Å². The van der Waals surface area contributed by atoms with Gasteiger partial charge in [0.15, 0.2) is 5.60 Å². The first-order valence-electron chi connectivity index (χ1n) is 11.5. The third-order valence-electron chi connectivity index (χ3n) is 6.26. The summed E-state index contributed by atoms with van der Waals surface area (Å²) in [6.07, 6.45) is -2.42. The molecule has 0 aliphatic carbocycles. The minimum Gasteiger partial charge on any atom is -0.478 e. The zero-order chi connectivity index (χ0) is 25.1. The van der Waals surface area contributed by atoms with Gasteiger partial charge in [0.1, 0.15) is 5.75 Å². The zero-order valence-corrected chi connectivity index (χ0v) is 20.2. The van der Waals surface area contributed by atoms with Gasteiger partial charge in [-0.15, -0.1) is 0 Å². The van der Waals surface area contributed by atoms with Crippen LogP contribution in [0, 0.1) is 13.8 Å². The van der Waals surface area contributed by atoms with Gasteiger partial charge in [-0.2, -0.15) is 13.2 Å². The number of carbonyl (C=O) groups is 1. The first kappa shape index (κ1) is 25.9. The molecule has 0 atom stereocenters. The van der Waals surface area contributed by atoms with E-state index in [0.717, 1.165) is 74.5 Å². The summed E-state index contributed by atoms with van der Waals surface area (Å²) in [6.45, 7) is 11.2. The summed E-state index contributed by atoms with van der Waals surface area (Å²) < 4.78 is 44.1. The number of ether oxygens (including phenoxy) is 1. The van der Waals surface area contributed by atoms with Gasteiger partial charge < -0.3 is 14.7 Å². The van der Waals surface area contributed by atoms with Crippen LogP contribution >= 0.6 is 0 Å². The Labute approximate surface area is 199 Å². The molecule has 1 aliphatic rings. The maximum atomic E-state index is 12.8. The van der Waals surface area contributed by atoms with Gasteiger partial charge in [0.25, 0.3) is 0 Å². The molecule has 1 saturated heterocycles. The maximum Gasteiger partial charge on any atom is 0.416 e. The first-order chi connectivity index (χ1) is 15.9. The molecule has 1 aliphatic heterocycles. The molecule has 0 aromatic heterocycles. The van der Waals surface area contributed by atoms with Crippen molar-refractivity contribution in [3.8, 4) is 5.75 Å². The quantitative estimate of drug-likeness (QED) is 0.557. The summed E-state index contributed by atoms with van der Waals surface area (Å²) in [5.74, 6) is -0.385. The number of hydrogen-bond acceptors (Lipinski definition) is 4. The molecule has 0 unspecified atom stereocenters. The fraction of sp³-hybridized carbons (Fsp3) is 0.500. The monoisotopic (exact) mass is 478 g/mol. The van der Waals surface area contributed by atoms with Crippen molar-refractivity contribution in [1.29, 1.82) is 0 Å². The van der Waals surface area contributed by atoms with Crippen molar-refractivity contribution in [2.75, 3.05) is 37.6 Å². The molecule has 1 heterocycles. The lowest BCUT2D eigenvalue weighted by atomic mass is 10.0. The minimum absolute atomic E-state index is 0.620. The summed E-state index contributed by atoms with van der Waals surface area (Å²) in [5, 5.41) is 9.33. The van der Waals surface area contributed by atoms with Crippen LogP contribution in [0.3, 0.4) is 0 Å². The highest BCUT2D eigenvalue weighted by Gasteiger charge is 2.31. The van der Waals surface area contributed by atoms with Gasteiger partial charge in [-0.1, -0.05) is 12.1 Å². The van der Waals surface area contributed by atoms with E-state index < -0.39 is 23.3 Å². The third-order valence-corrected chi connectivity index (χ3v) is 6.26. The van der Waals surface area contributed by atoms with E-state index >= 15 is 0 Å². The van der Waals surface area contributed by atoms with Crippen LogP contribution in [-0.2, 0) is 17.4 Å². The number of carboxylic acid groups (broad SMARTS) is 1. The largest absolute Gasteiger partial charge is 0.478 e. The number of alkyl halides is 3. The fourth-order valence-electron chi connectivity index (χ4n) is 4.24. The molecule has 0 spiro atoms. The Morgan fingerprint density at radius 1 is 1.00 bits per heavy atom. The van der Waals surface area contributed by atoms with Crippen LogP contribution in [0.25, 0.3) is 0 Å². The SMILES string of the molecule is Cc1cc(CCCN2CCN(c3ccc(C(F)(F)F)cc3)CC2)cc(C)c1OC(C)(C)C(=O)O. The summed E-state index contributed by atoms with van der Waals surface area (Å²) in [4.78, 5) is 15.9. The highest BCUT2D eigenvalue weighted by Crippen LogP contribution is 2.31. The molecule has 2 aromatic carbocycles. The van der Waals surface area contributed by atoms with E-state index in [4.69, 9.17) is 4.74 Å². The molecule has 0 bridgehead atoms. The van der Waals surface area contributed by atoms with E-state index in [1.807, 2.05) is 13.8 Å². The molecule has 5 nitrogen and oxygen atoms in total. The smallest absolute Gasteiger partial charge is 0.416 e. The second kappa shape index (κ2) is 10.3. The molecule has 0 saturated carbocycles. The van der Waals surface area contributed by atoms with Crippen LogP contribution in [0.2, 0.25) is 0 Å². The predicted molar refractivity (Wildman–Crippen MR) is 127 cm³/mol. The van der Waals surface area contributed by atoms with E-state index in [2.05, 4.69) is 21.9 Å². The van der Waals surface area contributed by atoms with E-state index in [0.29, 0.717) is 5.75 Å².